The van der Waals surface area contributed by atoms with Gasteiger partial charge in [0, 0.05) is 50.4 Å². The summed E-state index contributed by atoms with van der Waals surface area (Å²) in [6, 6.07) is 55.9. The van der Waals surface area contributed by atoms with E-state index in [1.54, 1.807) is 0 Å². The molecule has 0 aliphatic carbocycles. The third kappa shape index (κ3) is 3.98. The maximum atomic E-state index is 6.36. The SMILES string of the molecule is c1ccc(-c2ccc(-n3c4ccccc4c4cc(-c5ccc6c(c5)c5ccccc5n6-c5cc6ccccc6o5)ccc43)cc2)nc1. The van der Waals surface area contributed by atoms with E-state index in [9.17, 15) is 0 Å². The van der Waals surface area contributed by atoms with Gasteiger partial charge < -0.3 is 8.98 Å². The zero-order valence-corrected chi connectivity index (χ0v) is 25.3. The van der Waals surface area contributed by atoms with E-state index in [-0.39, 0.29) is 0 Å². The fraction of sp³-hybridized carbons (Fsp3) is 0. The van der Waals surface area contributed by atoms with Crippen molar-refractivity contribution < 1.29 is 4.42 Å². The Morgan fingerprint density at radius 1 is 0.426 bits per heavy atom. The number of para-hydroxylation sites is 3. The van der Waals surface area contributed by atoms with Crippen molar-refractivity contribution in [1.29, 1.82) is 0 Å². The van der Waals surface area contributed by atoms with Gasteiger partial charge in [0.2, 0.25) is 5.88 Å². The summed E-state index contributed by atoms with van der Waals surface area (Å²) in [5.74, 6) is 0.826. The van der Waals surface area contributed by atoms with Crippen molar-refractivity contribution in [1.82, 2.24) is 14.1 Å². The smallest absolute Gasteiger partial charge is 0.205 e. The molecule has 0 saturated heterocycles. The summed E-state index contributed by atoms with van der Waals surface area (Å²) in [6.45, 7) is 0. The zero-order chi connectivity index (χ0) is 30.9. The topological polar surface area (TPSA) is 35.9 Å². The zero-order valence-electron chi connectivity index (χ0n) is 25.3. The molecule has 10 aromatic rings. The summed E-state index contributed by atoms with van der Waals surface area (Å²) < 4.78 is 11.0. The van der Waals surface area contributed by atoms with E-state index in [0.717, 1.165) is 44.8 Å². The molecule has 0 fully saturated rings. The minimum Gasteiger partial charge on any atom is -0.440 e. The van der Waals surface area contributed by atoms with Crippen molar-refractivity contribution >= 4 is 54.6 Å². The molecule has 0 N–H and O–H groups in total. The first-order chi connectivity index (χ1) is 23.3. The summed E-state index contributed by atoms with van der Waals surface area (Å²) >= 11 is 0. The fourth-order valence-electron chi connectivity index (χ4n) is 7.21. The number of hydrogen-bond donors (Lipinski definition) is 0. The molecule has 220 valence electrons. The fourth-order valence-corrected chi connectivity index (χ4v) is 7.21. The Bertz CT molecular complexity index is 2750. The van der Waals surface area contributed by atoms with Gasteiger partial charge in [-0.3, -0.25) is 9.55 Å². The quantitative estimate of drug-likeness (QED) is 0.201. The van der Waals surface area contributed by atoms with Crippen LogP contribution >= 0.6 is 0 Å². The summed E-state index contributed by atoms with van der Waals surface area (Å²) in [6.07, 6.45) is 1.84. The molecule has 4 heterocycles. The normalized spacial score (nSPS) is 11.8. The lowest BCUT2D eigenvalue weighted by molar-refractivity contribution is 0.590. The number of furan rings is 1. The van der Waals surface area contributed by atoms with Gasteiger partial charge in [0.1, 0.15) is 5.58 Å². The molecule has 0 aliphatic heterocycles. The highest BCUT2D eigenvalue weighted by atomic mass is 16.4. The van der Waals surface area contributed by atoms with E-state index in [4.69, 9.17) is 4.42 Å². The van der Waals surface area contributed by atoms with Crippen LogP contribution in [0.4, 0.5) is 0 Å². The molecule has 0 unspecified atom stereocenters. The van der Waals surface area contributed by atoms with Gasteiger partial charge in [0.05, 0.1) is 27.8 Å². The van der Waals surface area contributed by atoms with Crippen molar-refractivity contribution in [3.63, 3.8) is 0 Å². The lowest BCUT2D eigenvalue weighted by Gasteiger charge is -2.10. The standard InChI is InChI=1S/C43H27N3O/c1-6-15-42-31(9-1)27-43(47-42)46-39-14-5-3-11-34(39)36-26-30(19-23-41(36)46)29-18-22-40-35(25-29)33-10-2-4-13-38(33)45(40)32-20-16-28(17-21-32)37-12-7-8-24-44-37/h1-27H. The molecule has 0 radical (unpaired) electrons. The number of aromatic nitrogens is 3. The maximum absolute atomic E-state index is 6.36. The van der Waals surface area contributed by atoms with Crippen molar-refractivity contribution in [2.24, 2.45) is 0 Å². The number of benzene rings is 6. The lowest BCUT2D eigenvalue weighted by Crippen LogP contribution is -1.94. The number of nitrogens with zero attached hydrogens (tertiary/aromatic N) is 3. The molecule has 4 heteroatoms. The van der Waals surface area contributed by atoms with Crippen LogP contribution in [0.25, 0.3) is 88.5 Å². The van der Waals surface area contributed by atoms with Gasteiger partial charge in [-0.1, -0.05) is 84.9 Å². The number of pyridine rings is 1. The van der Waals surface area contributed by atoms with Crippen molar-refractivity contribution in [2.45, 2.75) is 0 Å². The Kier molecular flexibility index (Phi) is 5.54. The van der Waals surface area contributed by atoms with Gasteiger partial charge in [-0.15, -0.1) is 0 Å². The van der Waals surface area contributed by atoms with Crippen LogP contribution in [0.3, 0.4) is 0 Å². The molecule has 0 aliphatic rings. The van der Waals surface area contributed by atoms with Crippen LogP contribution in [0.15, 0.2) is 168 Å². The first-order valence-electron chi connectivity index (χ1n) is 15.9. The molecule has 0 spiro atoms. The third-order valence-electron chi connectivity index (χ3n) is 9.40. The molecule has 47 heavy (non-hydrogen) atoms. The van der Waals surface area contributed by atoms with Gasteiger partial charge in [-0.2, -0.15) is 0 Å². The first-order valence-corrected chi connectivity index (χ1v) is 15.9. The van der Waals surface area contributed by atoms with Crippen LogP contribution in [0.2, 0.25) is 0 Å². The summed E-state index contributed by atoms with van der Waals surface area (Å²) in [7, 11) is 0. The van der Waals surface area contributed by atoms with Crippen molar-refractivity contribution in [3.8, 4) is 34.0 Å². The van der Waals surface area contributed by atoms with Crippen LogP contribution < -0.4 is 0 Å². The van der Waals surface area contributed by atoms with E-state index < -0.39 is 0 Å². The second kappa shape index (κ2) is 10.1. The van der Waals surface area contributed by atoms with E-state index in [2.05, 4.69) is 135 Å². The molecule has 0 bridgehead atoms. The molecule has 10 rings (SSSR count). The highest BCUT2D eigenvalue weighted by molar-refractivity contribution is 6.12. The van der Waals surface area contributed by atoms with Gasteiger partial charge in [-0.05, 0) is 77.9 Å². The second-order valence-electron chi connectivity index (χ2n) is 12.1. The summed E-state index contributed by atoms with van der Waals surface area (Å²) in [4.78, 5) is 4.53. The van der Waals surface area contributed by atoms with Gasteiger partial charge in [0.25, 0.3) is 0 Å². The van der Waals surface area contributed by atoms with Crippen molar-refractivity contribution in [3.05, 3.63) is 164 Å². The molecule has 0 saturated carbocycles. The van der Waals surface area contributed by atoms with E-state index >= 15 is 0 Å². The monoisotopic (exact) mass is 601 g/mol. The van der Waals surface area contributed by atoms with E-state index in [1.807, 2.05) is 42.6 Å². The molecule has 6 aromatic carbocycles. The molecule has 4 aromatic heterocycles. The average Bonchev–Trinajstić information content (AvgIpc) is 3.81. The Morgan fingerprint density at radius 3 is 1.68 bits per heavy atom. The van der Waals surface area contributed by atoms with Gasteiger partial charge >= 0.3 is 0 Å². The van der Waals surface area contributed by atoms with Crippen LogP contribution in [0, 0.1) is 0 Å². The number of hydrogen-bond acceptors (Lipinski definition) is 2. The average molecular weight is 602 g/mol. The van der Waals surface area contributed by atoms with Crippen LogP contribution in [0.1, 0.15) is 0 Å². The molecular weight excluding hydrogens is 574 g/mol. The summed E-state index contributed by atoms with van der Waals surface area (Å²) in [5, 5.41) is 5.98. The number of fused-ring (bicyclic) bond motifs is 7. The minimum absolute atomic E-state index is 0.826. The van der Waals surface area contributed by atoms with Gasteiger partial charge in [0.15, 0.2) is 0 Å². The Morgan fingerprint density at radius 2 is 1.00 bits per heavy atom. The van der Waals surface area contributed by atoms with E-state index in [1.165, 1.54) is 43.7 Å². The van der Waals surface area contributed by atoms with Crippen LogP contribution in [-0.2, 0) is 0 Å². The molecule has 0 amide bonds. The second-order valence-corrected chi connectivity index (χ2v) is 12.1. The van der Waals surface area contributed by atoms with Crippen molar-refractivity contribution in [2.75, 3.05) is 0 Å². The third-order valence-corrected chi connectivity index (χ3v) is 9.40. The lowest BCUT2D eigenvalue weighted by atomic mass is 10.0. The predicted octanol–water partition coefficient (Wildman–Crippen LogP) is 11.4. The molecular formula is C43H27N3O. The number of rotatable bonds is 4. The first kappa shape index (κ1) is 25.9. The highest BCUT2D eigenvalue weighted by Gasteiger charge is 2.17. The highest BCUT2D eigenvalue weighted by Crippen LogP contribution is 2.39. The van der Waals surface area contributed by atoms with Gasteiger partial charge in [-0.25, -0.2) is 0 Å². The maximum Gasteiger partial charge on any atom is 0.205 e. The molecule has 0 atom stereocenters. The molecule has 4 nitrogen and oxygen atoms in total. The Balaban J connectivity index is 1.12. The van der Waals surface area contributed by atoms with Crippen LogP contribution in [-0.4, -0.2) is 14.1 Å². The van der Waals surface area contributed by atoms with E-state index in [0.29, 0.717) is 0 Å². The van der Waals surface area contributed by atoms with Crippen LogP contribution in [0.5, 0.6) is 0 Å². The summed E-state index contributed by atoms with van der Waals surface area (Å²) in [5.41, 5.74) is 11.1. The predicted molar refractivity (Wildman–Crippen MR) is 194 cm³/mol. The largest absolute Gasteiger partial charge is 0.440 e. The minimum atomic E-state index is 0.826. The Labute approximate surface area is 270 Å². The Hall–Kier alpha value is -6.39.